The number of likely N-dealkylation sites (tertiary alicyclic amines) is 1. The van der Waals surface area contributed by atoms with Crippen LogP contribution < -0.4 is 5.32 Å². The van der Waals surface area contributed by atoms with Crippen LogP contribution in [0.4, 0.5) is 4.79 Å². The number of hydrogen-bond donors (Lipinski definition) is 1. The van der Waals surface area contributed by atoms with Gasteiger partial charge >= 0.3 is 6.03 Å². The molecule has 138 valence electrons. The standard InChI is InChI=1S/C18H27N3O4/c1-20-8-2-4-15(20)16-5-3-9-21(16)17(22)19-12-14-13-24-18(25-14)6-10-23-11-7-18/h2,4,8,14,16H,3,5-7,9-13H2,1H3,(H,19,22). The van der Waals surface area contributed by atoms with Crippen LogP contribution in [-0.2, 0) is 21.3 Å². The predicted molar refractivity (Wildman–Crippen MR) is 91.1 cm³/mol. The smallest absolute Gasteiger partial charge is 0.318 e. The fraction of sp³-hybridized carbons (Fsp3) is 0.722. The van der Waals surface area contributed by atoms with E-state index in [1.165, 1.54) is 5.69 Å². The lowest BCUT2D eigenvalue weighted by Crippen LogP contribution is -2.44. The Morgan fingerprint density at radius 3 is 3.00 bits per heavy atom. The molecule has 0 saturated carbocycles. The molecule has 1 aromatic rings. The summed E-state index contributed by atoms with van der Waals surface area (Å²) in [6.07, 6.45) is 5.52. The molecule has 3 aliphatic rings. The number of aryl methyl sites for hydroxylation is 1. The molecule has 2 unspecified atom stereocenters. The molecule has 7 nitrogen and oxygen atoms in total. The molecule has 0 bridgehead atoms. The molecule has 3 fully saturated rings. The highest BCUT2D eigenvalue weighted by atomic mass is 16.7. The molecule has 2 atom stereocenters. The second kappa shape index (κ2) is 6.97. The van der Waals surface area contributed by atoms with Crippen LogP contribution in [0.25, 0.3) is 0 Å². The van der Waals surface area contributed by atoms with Crippen molar-refractivity contribution in [2.75, 3.05) is 32.9 Å². The molecular weight excluding hydrogens is 322 g/mol. The largest absolute Gasteiger partial charge is 0.381 e. The van der Waals surface area contributed by atoms with Gasteiger partial charge in [0, 0.05) is 44.9 Å². The number of amides is 2. The summed E-state index contributed by atoms with van der Waals surface area (Å²) < 4.78 is 19.4. The quantitative estimate of drug-likeness (QED) is 0.904. The number of hydrogen-bond acceptors (Lipinski definition) is 4. The summed E-state index contributed by atoms with van der Waals surface area (Å²) in [5, 5.41) is 3.04. The van der Waals surface area contributed by atoms with Crippen molar-refractivity contribution < 1.29 is 19.0 Å². The van der Waals surface area contributed by atoms with Gasteiger partial charge in [-0.3, -0.25) is 0 Å². The molecule has 7 heteroatoms. The van der Waals surface area contributed by atoms with E-state index in [0.29, 0.717) is 26.4 Å². The SMILES string of the molecule is Cn1cccc1C1CCCN1C(=O)NCC1COC2(CCOCC2)O1. The third kappa shape index (κ3) is 3.41. The highest BCUT2D eigenvalue weighted by Gasteiger charge is 2.43. The van der Waals surface area contributed by atoms with Crippen LogP contribution in [0.2, 0.25) is 0 Å². The number of nitrogens with one attached hydrogen (secondary N) is 1. The third-order valence-corrected chi connectivity index (χ3v) is 5.49. The maximum absolute atomic E-state index is 12.7. The number of aromatic nitrogens is 1. The van der Waals surface area contributed by atoms with Gasteiger partial charge in [-0.05, 0) is 25.0 Å². The van der Waals surface area contributed by atoms with Crippen molar-refractivity contribution in [1.29, 1.82) is 0 Å². The van der Waals surface area contributed by atoms with Crippen LogP contribution >= 0.6 is 0 Å². The zero-order valence-electron chi connectivity index (χ0n) is 14.8. The lowest BCUT2D eigenvalue weighted by molar-refractivity contribution is -0.210. The van der Waals surface area contributed by atoms with E-state index in [1.54, 1.807) is 0 Å². The van der Waals surface area contributed by atoms with Crippen molar-refractivity contribution in [2.45, 2.75) is 43.6 Å². The molecule has 0 radical (unpaired) electrons. The molecule has 3 aliphatic heterocycles. The van der Waals surface area contributed by atoms with Crippen molar-refractivity contribution in [3.63, 3.8) is 0 Å². The molecule has 4 heterocycles. The zero-order chi connectivity index (χ0) is 17.3. The molecule has 25 heavy (non-hydrogen) atoms. The Hall–Kier alpha value is -1.57. The summed E-state index contributed by atoms with van der Waals surface area (Å²) in [5.74, 6) is -0.493. The van der Waals surface area contributed by atoms with Gasteiger partial charge in [0.05, 0.1) is 25.9 Å². The first-order valence-electron chi connectivity index (χ1n) is 9.22. The van der Waals surface area contributed by atoms with Crippen molar-refractivity contribution in [3.8, 4) is 0 Å². The maximum Gasteiger partial charge on any atom is 0.318 e. The number of urea groups is 1. The monoisotopic (exact) mass is 349 g/mol. The molecule has 4 rings (SSSR count). The van der Waals surface area contributed by atoms with E-state index in [2.05, 4.69) is 16.0 Å². The first kappa shape index (κ1) is 16.9. The van der Waals surface area contributed by atoms with E-state index in [0.717, 1.165) is 32.2 Å². The Kier molecular flexibility index (Phi) is 4.71. The minimum atomic E-state index is -0.493. The number of carbonyl (C=O) groups is 1. The molecule has 3 saturated heterocycles. The van der Waals surface area contributed by atoms with Crippen molar-refractivity contribution >= 4 is 6.03 Å². The average molecular weight is 349 g/mol. The van der Waals surface area contributed by atoms with Crippen LogP contribution in [0.3, 0.4) is 0 Å². The fourth-order valence-electron chi connectivity index (χ4n) is 4.10. The summed E-state index contributed by atoms with van der Waals surface area (Å²) >= 11 is 0. The summed E-state index contributed by atoms with van der Waals surface area (Å²) in [6, 6.07) is 4.27. The summed E-state index contributed by atoms with van der Waals surface area (Å²) in [6.45, 7) is 3.15. The molecule has 1 N–H and O–H groups in total. The molecule has 1 spiro atoms. The van der Waals surface area contributed by atoms with Gasteiger partial charge in [0.25, 0.3) is 0 Å². The lowest BCUT2D eigenvalue weighted by Gasteiger charge is -2.31. The van der Waals surface area contributed by atoms with Crippen LogP contribution in [0.5, 0.6) is 0 Å². The average Bonchev–Trinajstić information content (AvgIpc) is 3.33. The minimum Gasteiger partial charge on any atom is -0.381 e. The Morgan fingerprint density at radius 1 is 1.40 bits per heavy atom. The first-order valence-corrected chi connectivity index (χ1v) is 9.22. The minimum absolute atomic E-state index is 0.0137. The van der Waals surface area contributed by atoms with Crippen LogP contribution in [0.1, 0.15) is 37.4 Å². The van der Waals surface area contributed by atoms with Gasteiger partial charge in [-0.15, -0.1) is 0 Å². The van der Waals surface area contributed by atoms with Gasteiger partial charge < -0.3 is 29.0 Å². The first-order chi connectivity index (χ1) is 12.2. The Morgan fingerprint density at radius 2 is 2.24 bits per heavy atom. The van der Waals surface area contributed by atoms with Crippen LogP contribution in [0, 0.1) is 0 Å². The van der Waals surface area contributed by atoms with E-state index in [1.807, 2.05) is 24.2 Å². The number of carbonyl (C=O) groups excluding carboxylic acids is 1. The molecule has 2 amide bonds. The van der Waals surface area contributed by atoms with Crippen molar-refractivity contribution in [1.82, 2.24) is 14.8 Å². The van der Waals surface area contributed by atoms with Crippen LogP contribution in [-0.4, -0.2) is 60.3 Å². The second-order valence-corrected chi connectivity index (χ2v) is 7.16. The number of nitrogens with zero attached hydrogens (tertiary/aromatic N) is 2. The normalized spacial score (nSPS) is 28.6. The number of ether oxygens (including phenoxy) is 3. The Bertz CT molecular complexity index is 611. The fourth-order valence-corrected chi connectivity index (χ4v) is 4.10. The maximum atomic E-state index is 12.7. The summed E-state index contributed by atoms with van der Waals surface area (Å²) in [4.78, 5) is 14.6. The highest BCUT2D eigenvalue weighted by Crippen LogP contribution is 2.34. The predicted octanol–water partition coefficient (Wildman–Crippen LogP) is 1.79. The third-order valence-electron chi connectivity index (χ3n) is 5.49. The summed E-state index contributed by atoms with van der Waals surface area (Å²) in [7, 11) is 2.03. The van der Waals surface area contributed by atoms with Gasteiger partial charge in [0.1, 0.15) is 6.10 Å². The molecule has 1 aromatic heterocycles. The van der Waals surface area contributed by atoms with Crippen molar-refractivity contribution in [2.24, 2.45) is 7.05 Å². The van der Waals surface area contributed by atoms with Gasteiger partial charge in [-0.25, -0.2) is 4.79 Å². The highest BCUT2D eigenvalue weighted by molar-refractivity contribution is 5.75. The Labute approximate surface area is 148 Å². The molecule has 0 aliphatic carbocycles. The zero-order valence-corrected chi connectivity index (χ0v) is 14.8. The van der Waals surface area contributed by atoms with Gasteiger partial charge in [-0.2, -0.15) is 0 Å². The van der Waals surface area contributed by atoms with E-state index < -0.39 is 5.79 Å². The van der Waals surface area contributed by atoms with Gasteiger partial charge in [-0.1, -0.05) is 0 Å². The Balaban J connectivity index is 1.31. The van der Waals surface area contributed by atoms with E-state index >= 15 is 0 Å². The van der Waals surface area contributed by atoms with Crippen LogP contribution in [0.15, 0.2) is 18.3 Å². The summed E-state index contributed by atoms with van der Waals surface area (Å²) in [5.41, 5.74) is 1.19. The van der Waals surface area contributed by atoms with E-state index in [9.17, 15) is 4.79 Å². The van der Waals surface area contributed by atoms with E-state index in [4.69, 9.17) is 14.2 Å². The second-order valence-electron chi connectivity index (χ2n) is 7.16. The van der Waals surface area contributed by atoms with Crippen molar-refractivity contribution in [3.05, 3.63) is 24.0 Å². The van der Waals surface area contributed by atoms with E-state index in [-0.39, 0.29) is 18.2 Å². The van der Waals surface area contributed by atoms with Gasteiger partial charge in [0.2, 0.25) is 0 Å². The molecular formula is C18H27N3O4. The van der Waals surface area contributed by atoms with Gasteiger partial charge in [0.15, 0.2) is 5.79 Å². The topological polar surface area (TPSA) is 65.0 Å². The lowest BCUT2D eigenvalue weighted by atomic mass is 10.1. The number of rotatable bonds is 3. The molecule has 0 aromatic carbocycles.